The minimum atomic E-state index is 1.12. The Morgan fingerprint density at radius 2 is 1.08 bits per heavy atom. The molecule has 0 amide bonds. The van der Waals surface area contributed by atoms with Crippen LogP contribution in [0.5, 0.6) is 0 Å². The third-order valence-electron chi connectivity index (χ3n) is 9.73. The fraction of sp³-hybridized carbons (Fsp3) is 0. The fourth-order valence-electron chi connectivity index (χ4n) is 7.64. The Morgan fingerprint density at radius 3 is 1.94 bits per heavy atom. The second-order valence-corrected chi connectivity index (χ2v) is 13.6. The standard InChI is InChI=1S/C46H30N2S/c1-3-15-31(16-4-1)32-18-13-21-35(29-32)48(46-36-22-8-7-17-33(36)30-43-45(46)38-24-10-12-28-42(38)49-43)41-27-14-26-40-44(41)37-23-9-11-25-39(37)47(40)34-19-5-2-6-20-34/h1-30H. The number of hydrogen-bond donors (Lipinski definition) is 0. The van der Waals surface area contributed by atoms with Gasteiger partial charge < -0.3 is 9.47 Å². The van der Waals surface area contributed by atoms with Crippen molar-refractivity contribution in [1.29, 1.82) is 0 Å². The predicted octanol–water partition coefficient (Wildman–Crippen LogP) is 13.4. The number of fused-ring (bicyclic) bond motifs is 7. The molecule has 0 fully saturated rings. The number of aromatic nitrogens is 1. The second kappa shape index (κ2) is 11.2. The van der Waals surface area contributed by atoms with E-state index in [9.17, 15) is 0 Å². The molecule has 8 aromatic carbocycles. The molecule has 0 aliphatic carbocycles. The van der Waals surface area contributed by atoms with Crippen LogP contribution in [0.15, 0.2) is 182 Å². The lowest BCUT2D eigenvalue weighted by atomic mass is 9.99. The molecule has 0 aliphatic heterocycles. The van der Waals surface area contributed by atoms with E-state index in [1.807, 2.05) is 11.3 Å². The van der Waals surface area contributed by atoms with Crippen LogP contribution in [0.3, 0.4) is 0 Å². The van der Waals surface area contributed by atoms with Crippen molar-refractivity contribution < 1.29 is 0 Å². The second-order valence-electron chi connectivity index (χ2n) is 12.5. The van der Waals surface area contributed by atoms with E-state index in [1.54, 1.807) is 0 Å². The number of hydrogen-bond acceptors (Lipinski definition) is 2. The van der Waals surface area contributed by atoms with Crippen molar-refractivity contribution in [3.63, 3.8) is 0 Å². The zero-order valence-electron chi connectivity index (χ0n) is 26.6. The van der Waals surface area contributed by atoms with Gasteiger partial charge in [-0.1, -0.05) is 127 Å². The van der Waals surface area contributed by atoms with Crippen molar-refractivity contribution in [3.05, 3.63) is 182 Å². The van der Waals surface area contributed by atoms with Crippen LogP contribution in [-0.4, -0.2) is 4.57 Å². The summed E-state index contributed by atoms with van der Waals surface area (Å²) in [7, 11) is 0. The molecular weight excluding hydrogens is 613 g/mol. The third-order valence-corrected chi connectivity index (χ3v) is 10.8. The van der Waals surface area contributed by atoms with Gasteiger partial charge in [-0.25, -0.2) is 0 Å². The van der Waals surface area contributed by atoms with Crippen molar-refractivity contribution >= 4 is 81.1 Å². The van der Waals surface area contributed by atoms with E-state index in [2.05, 4.69) is 191 Å². The van der Waals surface area contributed by atoms with Gasteiger partial charge in [0.2, 0.25) is 0 Å². The Bertz CT molecular complexity index is 2830. The third kappa shape index (κ3) is 4.40. The Hall–Kier alpha value is -6.16. The maximum Gasteiger partial charge on any atom is 0.0633 e. The summed E-state index contributed by atoms with van der Waals surface area (Å²) in [6.07, 6.45) is 0. The van der Waals surface area contributed by atoms with Gasteiger partial charge in [0, 0.05) is 47.7 Å². The average Bonchev–Trinajstić information content (AvgIpc) is 3.71. The number of thiophene rings is 1. The fourth-order valence-corrected chi connectivity index (χ4v) is 8.80. The van der Waals surface area contributed by atoms with E-state index in [1.165, 1.54) is 69.6 Å². The molecular formula is C46H30N2S. The molecule has 0 spiro atoms. The highest BCUT2D eigenvalue weighted by Crippen LogP contribution is 2.51. The highest BCUT2D eigenvalue weighted by atomic mass is 32.1. The molecule has 2 aromatic heterocycles. The first-order chi connectivity index (χ1) is 24.3. The van der Waals surface area contributed by atoms with Gasteiger partial charge in [0.15, 0.2) is 0 Å². The van der Waals surface area contributed by atoms with E-state index in [-0.39, 0.29) is 0 Å². The molecule has 0 N–H and O–H groups in total. The van der Waals surface area contributed by atoms with Crippen LogP contribution in [-0.2, 0) is 0 Å². The first-order valence-corrected chi connectivity index (χ1v) is 17.5. The molecule has 0 bridgehead atoms. The van der Waals surface area contributed by atoms with Gasteiger partial charge in [-0.3, -0.25) is 0 Å². The summed E-state index contributed by atoms with van der Waals surface area (Å²) in [6, 6.07) is 66.2. The van der Waals surface area contributed by atoms with Crippen molar-refractivity contribution in [1.82, 2.24) is 4.57 Å². The van der Waals surface area contributed by atoms with Crippen LogP contribution >= 0.6 is 11.3 Å². The number of anilines is 3. The molecule has 230 valence electrons. The van der Waals surface area contributed by atoms with Crippen LogP contribution in [0.4, 0.5) is 17.1 Å². The van der Waals surface area contributed by atoms with Gasteiger partial charge in [-0.2, -0.15) is 0 Å². The highest BCUT2D eigenvalue weighted by molar-refractivity contribution is 7.26. The van der Waals surface area contributed by atoms with Gasteiger partial charge in [-0.15, -0.1) is 11.3 Å². The van der Waals surface area contributed by atoms with Gasteiger partial charge in [0.1, 0.15) is 0 Å². The molecule has 0 aliphatic rings. The lowest BCUT2D eigenvalue weighted by Gasteiger charge is -2.29. The summed E-state index contributed by atoms with van der Waals surface area (Å²) >= 11 is 1.88. The molecule has 0 saturated heterocycles. The molecule has 2 nitrogen and oxygen atoms in total. The number of benzene rings is 8. The molecule has 0 saturated carbocycles. The molecule has 2 heterocycles. The lowest BCUT2D eigenvalue weighted by molar-refractivity contribution is 1.18. The number of nitrogens with zero attached hydrogens (tertiary/aromatic N) is 2. The smallest absolute Gasteiger partial charge is 0.0633 e. The Morgan fingerprint density at radius 1 is 0.429 bits per heavy atom. The van der Waals surface area contributed by atoms with Gasteiger partial charge in [0.25, 0.3) is 0 Å². The van der Waals surface area contributed by atoms with E-state index in [0.717, 1.165) is 17.1 Å². The summed E-state index contributed by atoms with van der Waals surface area (Å²) < 4.78 is 5.00. The summed E-state index contributed by atoms with van der Waals surface area (Å²) in [5.41, 5.74) is 9.40. The summed E-state index contributed by atoms with van der Waals surface area (Å²) in [4.78, 5) is 2.54. The van der Waals surface area contributed by atoms with Crippen molar-refractivity contribution in [2.75, 3.05) is 4.90 Å². The maximum atomic E-state index is 2.54. The normalized spacial score (nSPS) is 11.7. The molecule has 10 rings (SSSR count). The molecule has 10 aromatic rings. The highest BCUT2D eigenvalue weighted by Gasteiger charge is 2.25. The average molecular weight is 643 g/mol. The van der Waals surface area contributed by atoms with Gasteiger partial charge >= 0.3 is 0 Å². The Labute approximate surface area is 288 Å². The van der Waals surface area contributed by atoms with Gasteiger partial charge in [-0.05, 0) is 71.1 Å². The van der Waals surface area contributed by atoms with Gasteiger partial charge in [0.05, 0.1) is 22.4 Å². The first kappa shape index (κ1) is 27.9. The van der Waals surface area contributed by atoms with E-state index in [4.69, 9.17) is 0 Å². The summed E-state index contributed by atoms with van der Waals surface area (Å²) in [5, 5.41) is 7.49. The lowest BCUT2D eigenvalue weighted by Crippen LogP contribution is -2.11. The van der Waals surface area contributed by atoms with E-state index in [0.29, 0.717) is 0 Å². The maximum absolute atomic E-state index is 2.54. The zero-order chi connectivity index (χ0) is 32.3. The summed E-state index contributed by atoms with van der Waals surface area (Å²) in [6.45, 7) is 0. The largest absolute Gasteiger partial charge is 0.309 e. The van der Waals surface area contributed by atoms with E-state index < -0.39 is 0 Å². The Balaban J connectivity index is 1.38. The monoisotopic (exact) mass is 642 g/mol. The number of rotatable bonds is 5. The quantitative estimate of drug-likeness (QED) is 0.181. The molecule has 0 unspecified atom stereocenters. The number of para-hydroxylation sites is 2. The van der Waals surface area contributed by atoms with Crippen molar-refractivity contribution in [2.24, 2.45) is 0 Å². The van der Waals surface area contributed by atoms with Crippen LogP contribution < -0.4 is 4.90 Å². The molecule has 3 heteroatoms. The predicted molar refractivity (Wildman–Crippen MR) is 211 cm³/mol. The van der Waals surface area contributed by atoms with Crippen LogP contribution in [0, 0.1) is 0 Å². The van der Waals surface area contributed by atoms with Crippen molar-refractivity contribution in [2.45, 2.75) is 0 Å². The molecule has 0 atom stereocenters. The topological polar surface area (TPSA) is 8.17 Å². The van der Waals surface area contributed by atoms with E-state index >= 15 is 0 Å². The van der Waals surface area contributed by atoms with Crippen molar-refractivity contribution in [3.8, 4) is 16.8 Å². The zero-order valence-corrected chi connectivity index (χ0v) is 27.4. The first-order valence-electron chi connectivity index (χ1n) is 16.7. The molecule has 49 heavy (non-hydrogen) atoms. The van der Waals surface area contributed by atoms with Crippen LogP contribution in [0.1, 0.15) is 0 Å². The molecule has 0 radical (unpaired) electrons. The summed E-state index contributed by atoms with van der Waals surface area (Å²) in [5.74, 6) is 0. The SMILES string of the molecule is c1ccc(-c2cccc(N(c3c4ccccc4cc4sc5ccccc5c34)c3cccc4c3c3ccccc3n4-c3ccccc3)c2)cc1. The minimum absolute atomic E-state index is 1.12. The van der Waals surface area contributed by atoms with Crippen LogP contribution in [0.25, 0.3) is 69.6 Å². The Kier molecular flexibility index (Phi) is 6.39. The minimum Gasteiger partial charge on any atom is -0.309 e. The van der Waals surface area contributed by atoms with Crippen LogP contribution in [0.2, 0.25) is 0 Å².